The lowest BCUT2D eigenvalue weighted by Crippen LogP contribution is -2.30. The van der Waals surface area contributed by atoms with Crippen molar-refractivity contribution in [1.82, 2.24) is 15.5 Å². The van der Waals surface area contributed by atoms with Crippen LogP contribution in [0.3, 0.4) is 0 Å². The molecule has 0 aliphatic heterocycles. The third kappa shape index (κ3) is 4.76. The van der Waals surface area contributed by atoms with Crippen molar-refractivity contribution < 1.29 is 13.9 Å². The Morgan fingerprint density at radius 3 is 2.68 bits per heavy atom. The van der Waals surface area contributed by atoms with Crippen LogP contribution in [0.4, 0.5) is 4.79 Å². The van der Waals surface area contributed by atoms with E-state index in [1.807, 2.05) is 44.2 Å². The molecule has 7 heteroatoms. The summed E-state index contributed by atoms with van der Waals surface area (Å²) in [5.41, 5.74) is 0.893. The first kappa shape index (κ1) is 15.8. The zero-order chi connectivity index (χ0) is 15.9. The van der Waals surface area contributed by atoms with Crippen LogP contribution < -0.4 is 11.1 Å². The lowest BCUT2D eigenvalue weighted by molar-refractivity contribution is 0.132. The number of carbonyl (C=O) groups excluding carboxylic acids is 1. The number of nitrogens with one attached hydrogen (secondary N) is 2. The van der Waals surface area contributed by atoms with E-state index in [-0.39, 0.29) is 18.4 Å². The predicted octanol–water partition coefficient (Wildman–Crippen LogP) is 2.38. The molecule has 0 fully saturated rings. The molecular formula is C15H19N3O4. The number of aromatic nitrogens is 2. The molecule has 0 unspecified atom stereocenters. The molecule has 0 saturated carbocycles. The Hall–Kier alpha value is -2.57. The van der Waals surface area contributed by atoms with Gasteiger partial charge in [0.2, 0.25) is 5.89 Å². The van der Waals surface area contributed by atoms with Crippen LogP contribution in [-0.4, -0.2) is 16.3 Å². The number of hydrogen-bond donors (Lipinski definition) is 2. The Bertz CT molecular complexity index is 648. The summed E-state index contributed by atoms with van der Waals surface area (Å²) in [4.78, 5) is 22.9. The van der Waals surface area contributed by atoms with E-state index < -0.39 is 17.9 Å². The lowest BCUT2D eigenvalue weighted by Gasteiger charge is -2.17. The second kappa shape index (κ2) is 7.44. The van der Waals surface area contributed by atoms with Crippen LogP contribution in [0.2, 0.25) is 0 Å². The van der Waals surface area contributed by atoms with E-state index in [2.05, 4.69) is 15.5 Å². The van der Waals surface area contributed by atoms with Crippen LogP contribution in [-0.2, 0) is 11.3 Å². The molecule has 0 saturated heterocycles. The van der Waals surface area contributed by atoms with Crippen LogP contribution in [0.15, 0.2) is 39.5 Å². The van der Waals surface area contributed by atoms with Gasteiger partial charge in [-0.2, -0.15) is 0 Å². The third-order valence-corrected chi connectivity index (χ3v) is 2.96. The fourth-order valence-corrected chi connectivity index (χ4v) is 1.99. The van der Waals surface area contributed by atoms with E-state index in [0.29, 0.717) is 6.42 Å². The summed E-state index contributed by atoms with van der Waals surface area (Å²) in [5, 5.41) is 8.63. The zero-order valence-corrected chi connectivity index (χ0v) is 12.5. The highest BCUT2D eigenvalue weighted by atomic mass is 16.5. The number of ether oxygens (including phenoxy) is 1. The fourth-order valence-electron chi connectivity index (χ4n) is 1.99. The SMILES string of the molecule is CC(C)C[C@H](NC(=O)OCc1ccccc1)c1n[nH]c(=O)o1. The molecule has 2 aromatic rings. The summed E-state index contributed by atoms with van der Waals surface area (Å²) in [6.07, 6.45) is -0.00558. The van der Waals surface area contributed by atoms with Gasteiger partial charge < -0.3 is 14.5 Å². The van der Waals surface area contributed by atoms with E-state index >= 15 is 0 Å². The average molecular weight is 305 g/mol. The van der Waals surface area contributed by atoms with E-state index in [1.165, 1.54) is 0 Å². The highest BCUT2D eigenvalue weighted by molar-refractivity contribution is 5.67. The first-order valence-electron chi connectivity index (χ1n) is 7.07. The molecule has 118 valence electrons. The second-order valence-corrected chi connectivity index (χ2v) is 5.34. The highest BCUT2D eigenvalue weighted by Crippen LogP contribution is 2.18. The molecule has 7 nitrogen and oxygen atoms in total. The van der Waals surface area contributed by atoms with Gasteiger partial charge in [0.15, 0.2) is 0 Å². The van der Waals surface area contributed by atoms with Crippen molar-refractivity contribution in [3.63, 3.8) is 0 Å². The van der Waals surface area contributed by atoms with E-state index in [4.69, 9.17) is 9.15 Å². The molecule has 1 aromatic carbocycles. The number of aromatic amines is 1. The normalized spacial score (nSPS) is 12.1. The molecule has 0 spiro atoms. The summed E-state index contributed by atoms with van der Waals surface area (Å²) in [5.74, 6) is -0.222. The van der Waals surface area contributed by atoms with Gasteiger partial charge in [-0.25, -0.2) is 14.7 Å². The number of amides is 1. The molecule has 2 N–H and O–H groups in total. The van der Waals surface area contributed by atoms with Crippen molar-refractivity contribution in [2.24, 2.45) is 5.92 Å². The lowest BCUT2D eigenvalue weighted by atomic mass is 10.0. The van der Waals surface area contributed by atoms with Crippen LogP contribution in [0.1, 0.15) is 37.8 Å². The summed E-state index contributed by atoms with van der Waals surface area (Å²) in [6, 6.07) is 8.86. The monoisotopic (exact) mass is 305 g/mol. The minimum Gasteiger partial charge on any atom is -0.445 e. The Kier molecular flexibility index (Phi) is 5.35. The number of H-pyrrole nitrogens is 1. The van der Waals surface area contributed by atoms with Crippen molar-refractivity contribution in [1.29, 1.82) is 0 Å². The van der Waals surface area contributed by atoms with Crippen molar-refractivity contribution in [3.05, 3.63) is 52.3 Å². The van der Waals surface area contributed by atoms with Crippen LogP contribution in [0, 0.1) is 5.92 Å². The summed E-state index contributed by atoms with van der Waals surface area (Å²) in [7, 11) is 0. The Balaban J connectivity index is 1.94. The van der Waals surface area contributed by atoms with Gasteiger partial charge in [-0.1, -0.05) is 44.2 Å². The second-order valence-electron chi connectivity index (χ2n) is 5.34. The Labute approximate surface area is 127 Å². The number of alkyl carbamates (subject to hydrolysis) is 1. The summed E-state index contributed by atoms with van der Waals surface area (Å²) < 4.78 is 10.1. The number of carbonyl (C=O) groups is 1. The topological polar surface area (TPSA) is 97.2 Å². The standard InChI is InChI=1S/C15H19N3O4/c1-10(2)8-12(13-17-18-15(20)22-13)16-14(19)21-9-11-6-4-3-5-7-11/h3-7,10,12H,8-9H2,1-2H3,(H,16,19)(H,18,20)/t12-/m0/s1. The van der Waals surface area contributed by atoms with Gasteiger partial charge in [-0.05, 0) is 17.9 Å². The number of nitrogens with zero attached hydrogens (tertiary/aromatic N) is 1. The molecule has 1 atom stereocenters. The molecule has 0 bridgehead atoms. The molecular weight excluding hydrogens is 286 g/mol. The van der Waals surface area contributed by atoms with Gasteiger partial charge in [-0.15, -0.1) is 5.10 Å². The maximum atomic E-state index is 11.9. The maximum absolute atomic E-state index is 11.9. The van der Waals surface area contributed by atoms with Crippen molar-refractivity contribution in [2.75, 3.05) is 0 Å². The minimum absolute atomic E-state index is 0.148. The molecule has 0 radical (unpaired) electrons. The summed E-state index contributed by atoms with van der Waals surface area (Å²) in [6.45, 7) is 4.16. The first-order valence-corrected chi connectivity index (χ1v) is 7.07. The zero-order valence-electron chi connectivity index (χ0n) is 12.5. The molecule has 0 aliphatic rings. The van der Waals surface area contributed by atoms with Crippen LogP contribution >= 0.6 is 0 Å². The predicted molar refractivity (Wildman–Crippen MR) is 79.1 cm³/mol. The average Bonchev–Trinajstić information content (AvgIpc) is 2.92. The first-order chi connectivity index (χ1) is 10.5. The highest BCUT2D eigenvalue weighted by Gasteiger charge is 2.22. The van der Waals surface area contributed by atoms with Gasteiger partial charge in [0.25, 0.3) is 0 Å². The molecule has 1 amide bonds. The van der Waals surface area contributed by atoms with Gasteiger partial charge in [0, 0.05) is 0 Å². The van der Waals surface area contributed by atoms with Gasteiger partial charge in [0.1, 0.15) is 12.6 Å². The van der Waals surface area contributed by atoms with Crippen LogP contribution in [0.25, 0.3) is 0 Å². The quantitative estimate of drug-likeness (QED) is 0.854. The van der Waals surface area contributed by atoms with E-state index in [1.54, 1.807) is 0 Å². The van der Waals surface area contributed by atoms with Gasteiger partial charge >= 0.3 is 11.8 Å². The molecule has 22 heavy (non-hydrogen) atoms. The molecule has 1 heterocycles. The van der Waals surface area contributed by atoms with Gasteiger partial charge in [-0.3, -0.25) is 0 Å². The van der Waals surface area contributed by atoms with E-state index in [0.717, 1.165) is 5.56 Å². The van der Waals surface area contributed by atoms with Crippen molar-refractivity contribution in [3.8, 4) is 0 Å². The van der Waals surface area contributed by atoms with E-state index in [9.17, 15) is 9.59 Å². The fraction of sp³-hybridized carbons (Fsp3) is 0.400. The number of rotatable bonds is 6. The Morgan fingerprint density at radius 2 is 2.09 bits per heavy atom. The van der Waals surface area contributed by atoms with Crippen molar-refractivity contribution >= 4 is 6.09 Å². The number of hydrogen-bond acceptors (Lipinski definition) is 5. The smallest absolute Gasteiger partial charge is 0.434 e. The maximum Gasteiger partial charge on any atom is 0.434 e. The Morgan fingerprint density at radius 1 is 1.36 bits per heavy atom. The van der Waals surface area contributed by atoms with Gasteiger partial charge in [0.05, 0.1) is 0 Å². The molecule has 1 aromatic heterocycles. The minimum atomic E-state index is -0.650. The molecule has 2 rings (SSSR count). The third-order valence-electron chi connectivity index (χ3n) is 2.96. The molecule has 0 aliphatic carbocycles. The van der Waals surface area contributed by atoms with Crippen molar-refractivity contribution in [2.45, 2.75) is 32.9 Å². The van der Waals surface area contributed by atoms with Crippen LogP contribution in [0.5, 0.6) is 0 Å². The number of benzene rings is 1. The largest absolute Gasteiger partial charge is 0.445 e. The summed E-state index contributed by atoms with van der Waals surface area (Å²) >= 11 is 0.